The molecule has 0 saturated carbocycles. The molecule has 0 radical (unpaired) electrons. The molecule has 1 aromatic carbocycles. The van der Waals surface area contributed by atoms with Gasteiger partial charge >= 0.3 is 0 Å². The lowest BCUT2D eigenvalue weighted by Crippen LogP contribution is -2.28. The van der Waals surface area contributed by atoms with Crippen LogP contribution in [0.2, 0.25) is 0 Å². The number of anilines is 1. The van der Waals surface area contributed by atoms with Gasteiger partial charge in [-0.15, -0.1) is 0 Å². The van der Waals surface area contributed by atoms with Gasteiger partial charge in [-0.05, 0) is 38.8 Å². The quantitative estimate of drug-likeness (QED) is 0.767. The summed E-state index contributed by atoms with van der Waals surface area (Å²) < 4.78 is 39.5. The zero-order valence-electron chi connectivity index (χ0n) is 16.5. The first kappa shape index (κ1) is 19.7. The predicted octanol–water partition coefficient (Wildman–Crippen LogP) is 2.04. The molecular weight excluding hydrogens is 396 g/mol. The van der Waals surface area contributed by atoms with Crippen LogP contribution in [-0.2, 0) is 21.4 Å². The molecule has 0 aliphatic carbocycles. The average molecular weight is 420 g/mol. The molecule has 0 unspecified atom stereocenters. The Hall–Kier alpha value is -2.59. The van der Waals surface area contributed by atoms with Gasteiger partial charge in [-0.3, -0.25) is 9.48 Å². The molecular formula is C19H24N4O5S. The molecule has 156 valence electrons. The van der Waals surface area contributed by atoms with Gasteiger partial charge in [0.25, 0.3) is 0 Å². The number of nitrogens with one attached hydrogen (secondary N) is 1. The van der Waals surface area contributed by atoms with Crippen LogP contribution in [0.1, 0.15) is 30.7 Å². The lowest BCUT2D eigenvalue weighted by Gasteiger charge is -2.15. The number of nitrogens with zero attached hydrogens (tertiary/aromatic N) is 3. The minimum Gasteiger partial charge on any atom is -0.454 e. The molecule has 1 fully saturated rings. The van der Waals surface area contributed by atoms with Gasteiger partial charge in [0.2, 0.25) is 22.7 Å². The molecule has 0 spiro atoms. The Balaban J connectivity index is 1.43. The van der Waals surface area contributed by atoms with E-state index >= 15 is 0 Å². The van der Waals surface area contributed by atoms with Crippen molar-refractivity contribution < 1.29 is 22.7 Å². The average Bonchev–Trinajstić information content (AvgIpc) is 3.40. The van der Waals surface area contributed by atoms with Crippen molar-refractivity contribution in [2.24, 2.45) is 0 Å². The standard InChI is InChI=1S/C19H24N4O5S/c1-13-19(29(25,26)22-8-3-4-9-22)14(2)23(21-13)10-7-18(24)20-15-5-6-16-17(11-15)28-12-27-16/h5-6,11H,3-4,7-10,12H2,1-2H3,(H,20,24). The molecule has 2 aromatic rings. The summed E-state index contributed by atoms with van der Waals surface area (Å²) in [6.45, 7) is 4.98. The lowest BCUT2D eigenvalue weighted by molar-refractivity contribution is -0.116. The minimum atomic E-state index is -3.55. The molecule has 3 heterocycles. The molecule has 4 rings (SSSR count). The van der Waals surface area contributed by atoms with E-state index in [-0.39, 0.29) is 24.0 Å². The van der Waals surface area contributed by atoms with Crippen LogP contribution in [-0.4, -0.2) is 48.3 Å². The number of rotatable bonds is 6. The van der Waals surface area contributed by atoms with Crippen LogP contribution in [0.25, 0.3) is 0 Å². The SMILES string of the molecule is Cc1nn(CCC(=O)Nc2ccc3c(c2)OCO3)c(C)c1S(=O)(=O)N1CCCC1. The van der Waals surface area contributed by atoms with Crippen molar-refractivity contribution in [1.29, 1.82) is 0 Å². The first-order valence-corrected chi connectivity index (χ1v) is 11.0. The van der Waals surface area contributed by atoms with Crippen LogP contribution in [0.15, 0.2) is 23.1 Å². The van der Waals surface area contributed by atoms with E-state index in [0.29, 0.717) is 48.2 Å². The summed E-state index contributed by atoms with van der Waals surface area (Å²) in [4.78, 5) is 12.6. The van der Waals surface area contributed by atoms with E-state index in [9.17, 15) is 13.2 Å². The molecule has 0 bridgehead atoms. The number of hydrogen-bond donors (Lipinski definition) is 1. The zero-order valence-corrected chi connectivity index (χ0v) is 17.3. The van der Waals surface area contributed by atoms with E-state index < -0.39 is 10.0 Å². The Morgan fingerprint density at radius 2 is 1.90 bits per heavy atom. The van der Waals surface area contributed by atoms with Gasteiger partial charge in [0.1, 0.15) is 4.90 Å². The van der Waals surface area contributed by atoms with E-state index in [1.54, 1.807) is 36.7 Å². The highest BCUT2D eigenvalue weighted by Crippen LogP contribution is 2.34. The molecule has 9 nitrogen and oxygen atoms in total. The Bertz CT molecular complexity index is 1040. The van der Waals surface area contributed by atoms with Gasteiger partial charge < -0.3 is 14.8 Å². The monoisotopic (exact) mass is 420 g/mol. The van der Waals surface area contributed by atoms with E-state index in [2.05, 4.69) is 10.4 Å². The highest BCUT2D eigenvalue weighted by atomic mass is 32.2. The van der Waals surface area contributed by atoms with Gasteiger partial charge in [-0.25, -0.2) is 8.42 Å². The molecule has 2 aliphatic heterocycles. The van der Waals surface area contributed by atoms with Crippen LogP contribution in [0.5, 0.6) is 11.5 Å². The molecule has 0 atom stereocenters. The lowest BCUT2D eigenvalue weighted by atomic mass is 10.2. The maximum absolute atomic E-state index is 12.9. The topological polar surface area (TPSA) is 103 Å². The first-order valence-electron chi connectivity index (χ1n) is 9.60. The summed E-state index contributed by atoms with van der Waals surface area (Å²) >= 11 is 0. The fourth-order valence-corrected chi connectivity index (χ4v) is 5.62. The van der Waals surface area contributed by atoms with E-state index in [1.165, 1.54) is 4.31 Å². The van der Waals surface area contributed by atoms with Crippen molar-refractivity contribution in [2.75, 3.05) is 25.2 Å². The fourth-order valence-electron chi connectivity index (χ4n) is 3.73. The summed E-state index contributed by atoms with van der Waals surface area (Å²) in [5, 5.41) is 7.18. The zero-order chi connectivity index (χ0) is 20.6. The molecule has 1 aromatic heterocycles. The van der Waals surface area contributed by atoms with Gasteiger partial charge in [0.15, 0.2) is 11.5 Å². The van der Waals surface area contributed by atoms with E-state index in [0.717, 1.165) is 12.8 Å². The smallest absolute Gasteiger partial charge is 0.246 e. The number of sulfonamides is 1. The third-order valence-corrected chi connectivity index (χ3v) is 7.34. The van der Waals surface area contributed by atoms with Crippen molar-refractivity contribution in [3.63, 3.8) is 0 Å². The Morgan fingerprint density at radius 1 is 1.17 bits per heavy atom. The molecule has 1 amide bonds. The number of aryl methyl sites for hydroxylation is 2. The largest absolute Gasteiger partial charge is 0.454 e. The Kier molecular flexibility index (Phi) is 5.22. The number of carbonyl (C=O) groups excluding carboxylic acids is 1. The van der Waals surface area contributed by atoms with Crippen molar-refractivity contribution in [1.82, 2.24) is 14.1 Å². The fraction of sp³-hybridized carbons (Fsp3) is 0.474. The van der Waals surface area contributed by atoms with E-state index in [1.807, 2.05) is 0 Å². The van der Waals surface area contributed by atoms with Gasteiger partial charge in [-0.2, -0.15) is 9.40 Å². The summed E-state index contributed by atoms with van der Waals surface area (Å²) in [7, 11) is -3.55. The number of carbonyl (C=O) groups is 1. The van der Waals surface area contributed by atoms with Crippen molar-refractivity contribution in [2.45, 2.75) is 44.6 Å². The molecule has 1 N–H and O–H groups in total. The second-order valence-electron chi connectivity index (χ2n) is 7.20. The van der Waals surface area contributed by atoms with Crippen molar-refractivity contribution >= 4 is 21.6 Å². The highest BCUT2D eigenvalue weighted by molar-refractivity contribution is 7.89. The second-order valence-corrected chi connectivity index (χ2v) is 9.08. The van der Waals surface area contributed by atoms with Crippen molar-refractivity contribution in [3.8, 4) is 11.5 Å². The second kappa shape index (κ2) is 7.68. The molecule has 29 heavy (non-hydrogen) atoms. The van der Waals surface area contributed by atoms with Gasteiger partial charge in [0, 0.05) is 31.3 Å². The Morgan fingerprint density at radius 3 is 2.66 bits per heavy atom. The van der Waals surface area contributed by atoms with Crippen LogP contribution < -0.4 is 14.8 Å². The summed E-state index contributed by atoms with van der Waals surface area (Å²) in [5.74, 6) is 1.05. The summed E-state index contributed by atoms with van der Waals surface area (Å²) in [5.41, 5.74) is 1.64. The van der Waals surface area contributed by atoms with Crippen LogP contribution >= 0.6 is 0 Å². The minimum absolute atomic E-state index is 0.166. The van der Waals surface area contributed by atoms with Crippen LogP contribution in [0.3, 0.4) is 0 Å². The molecule has 2 aliphatic rings. The maximum atomic E-state index is 12.9. The third kappa shape index (κ3) is 3.82. The number of ether oxygens (including phenoxy) is 2. The normalized spacial score (nSPS) is 16.3. The summed E-state index contributed by atoms with van der Waals surface area (Å²) in [6, 6.07) is 5.20. The number of fused-ring (bicyclic) bond motifs is 1. The van der Waals surface area contributed by atoms with Crippen molar-refractivity contribution in [3.05, 3.63) is 29.6 Å². The number of hydrogen-bond acceptors (Lipinski definition) is 6. The highest BCUT2D eigenvalue weighted by Gasteiger charge is 2.32. The van der Waals surface area contributed by atoms with E-state index in [4.69, 9.17) is 9.47 Å². The first-order chi connectivity index (χ1) is 13.9. The van der Waals surface area contributed by atoms with Crippen LogP contribution in [0.4, 0.5) is 5.69 Å². The van der Waals surface area contributed by atoms with Crippen LogP contribution in [0, 0.1) is 13.8 Å². The predicted molar refractivity (Wildman–Crippen MR) is 106 cm³/mol. The number of benzene rings is 1. The summed E-state index contributed by atoms with van der Waals surface area (Å²) in [6.07, 6.45) is 1.93. The molecule has 1 saturated heterocycles. The van der Waals surface area contributed by atoms with Gasteiger partial charge in [0.05, 0.1) is 17.9 Å². The third-order valence-electron chi connectivity index (χ3n) is 5.18. The van der Waals surface area contributed by atoms with Gasteiger partial charge in [-0.1, -0.05) is 0 Å². The maximum Gasteiger partial charge on any atom is 0.246 e. The molecule has 10 heteroatoms. The Labute approximate surface area is 169 Å². The number of aromatic nitrogens is 2. The number of amides is 1.